The van der Waals surface area contributed by atoms with Gasteiger partial charge in [0.25, 0.3) is 0 Å². The summed E-state index contributed by atoms with van der Waals surface area (Å²) in [6.07, 6.45) is -4.50. The van der Waals surface area contributed by atoms with Crippen LogP contribution in [0.3, 0.4) is 0 Å². The lowest BCUT2D eigenvalue weighted by atomic mass is 10.1. The van der Waals surface area contributed by atoms with Gasteiger partial charge in [-0.25, -0.2) is 8.42 Å². The number of aryl methyl sites for hydroxylation is 2. The summed E-state index contributed by atoms with van der Waals surface area (Å²) in [5, 5.41) is 2.88. The van der Waals surface area contributed by atoms with Crippen LogP contribution < -0.4 is 0 Å². The lowest BCUT2D eigenvalue weighted by Gasteiger charge is -2.34. The molecule has 0 amide bonds. The fourth-order valence-corrected chi connectivity index (χ4v) is 5.51. The molecule has 0 spiro atoms. The Labute approximate surface area is 174 Å². The molecule has 0 atom stereocenters. The van der Waals surface area contributed by atoms with E-state index in [2.05, 4.69) is 19.1 Å². The SMILES string of the molecule is Cc1cc(C)c(O)c([S+]2CCCC2)c1.O=S(=O)([O-])C(F)(F)C(F)(F)C(F)(F)C(F)(F)F. The first-order valence-corrected chi connectivity index (χ1v) is 11.3. The molecule has 4 nitrogen and oxygen atoms in total. The number of rotatable bonds is 4. The maximum atomic E-state index is 12.2. The van der Waals surface area contributed by atoms with Gasteiger partial charge in [0, 0.05) is 17.0 Å². The van der Waals surface area contributed by atoms with Crippen LogP contribution in [-0.2, 0) is 21.0 Å². The average molecular weight is 508 g/mol. The predicted molar refractivity (Wildman–Crippen MR) is 92.8 cm³/mol. The summed E-state index contributed by atoms with van der Waals surface area (Å²) in [4.78, 5) is 1.21. The molecule has 1 N–H and O–H groups in total. The van der Waals surface area contributed by atoms with Gasteiger partial charge in [-0.15, -0.1) is 0 Å². The summed E-state index contributed by atoms with van der Waals surface area (Å²) in [5.41, 5.74) is 2.30. The topological polar surface area (TPSA) is 77.4 Å². The monoisotopic (exact) mass is 508 g/mol. The normalized spacial score (nSPS) is 16.8. The molecule has 180 valence electrons. The van der Waals surface area contributed by atoms with Gasteiger partial charge in [0.2, 0.25) is 0 Å². The number of halogens is 9. The zero-order chi connectivity index (χ0) is 24.6. The van der Waals surface area contributed by atoms with Gasteiger partial charge in [-0.3, -0.25) is 0 Å². The predicted octanol–water partition coefficient (Wildman–Crippen LogP) is 4.74. The Morgan fingerprint density at radius 1 is 0.903 bits per heavy atom. The first-order chi connectivity index (χ1) is 13.7. The van der Waals surface area contributed by atoms with E-state index in [9.17, 15) is 57.6 Å². The molecule has 2 rings (SSSR count). The van der Waals surface area contributed by atoms with Crippen LogP contribution in [0.15, 0.2) is 17.0 Å². The second kappa shape index (κ2) is 8.89. The van der Waals surface area contributed by atoms with E-state index in [4.69, 9.17) is 0 Å². The first-order valence-electron chi connectivity index (χ1n) is 8.31. The highest BCUT2D eigenvalue weighted by Crippen LogP contribution is 2.54. The van der Waals surface area contributed by atoms with E-state index in [0.717, 1.165) is 5.56 Å². The molecule has 0 aromatic heterocycles. The Bertz CT molecular complexity index is 893. The highest BCUT2D eigenvalue weighted by Gasteiger charge is 2.83. The van der Waals surface area contributed by atoms with Gasteiger partial charge < -0.3 is 9.66 Å². The van der Waals surface area contributed by atoms with Crippen molar-refractivity contribution in [2.75, 3.05) is 11.5 Å². The summed E-state index contributed by atoms with van der Waals surface area (Å²) in [5.74, 6) is -11.7. The Morgan fingerprint density at radius 3 is 1.74 bits per heavy atom. The minimum atomic E-state index is -7.43. The summed E-state index contributed by atoms with van der Waals surface area (Å²) in [7, 11) is -7.09. The van der Waals surface area contributed by atoms with Gasteiger partial charge in [-0.05, 0) is 37.8 Å². The van der Waals surface area contributed by atoms with Gasteiger partial charge in [0.15, 0.2) is 20.8 Å². The fourth-order valence-electron chi connectivity index (χ4n) is 2.53. The van der Waals surface area contributed by atoms with E-state index in [-0.39, 0.29) is 0 Å². The third-order valence-corrected chi connectivity index (χ3v) is 7.56. The van der Waals surface area contributed by atoms with Crippen LogP contribution in [-0.4, -0.2) is 52.9 Å². The van der Waals surface area contributed by atoms with E-state index in [0.29, 0.717) is 16.6 Å². The molecule has 1 aromatic carbocycles. The summed E-state index contributed by atoms with van der Waals surface area (Å²) >= 11 is 0. The molecule has 0 aliphatic carbocycles. The third kappa shape index (κ3) is 5.35. The molecule has 0 saturated carbocycles. The average Bonchev–Trinajstić information content (AvgIpc) is 3.10. The van der Waals surface area contributed by atoms with Crippen molar-refractivity contribution in [1.29, 1.82) is 0 Å². The maximum absolute atomic E-state index is 12.2. The lowest BCUT2D eigenvalue weighted by molar-refractivity contribution is -0.382. The van der Waals surface area contributed by atoms with E-state index in [1.807, 2.05) is 6.92 Å². The van der Waals surface area contributed by atoms with Crippen molar-refractivity contribution < 1.29 is 57.6 Å². The number of benzene rings is 1. The second-order valence-corrected chi connectivity index (χ2v) is 10.3. The van der Waals surface area contributed by atoms with E-state index >= 15 is 0 Å². The Morgan fingerprint density at radius 2 is 1.35 bits per heavy atom. The molecule has 0 bridgehead atoms. The third-order valence-electron chi connectivity index (χ3n) is 4.18. The summed E-state index contributed by atoms with van der Waals surface area (Å²) < 4.78 is 135. The van der Waals surface area contributed by atoms with Gasteiger partial charge in [-0.1, -0.05) is 6.07 Å². The van der Waals surface area contributed by atoms with Crippen LogP contribution in [0.2, 0.25) is 0 Å². The van der Waals surface area contributed by atoms with Crippen molar-refractivity contribution in [2.45, 2.75) is 54.9 Å². The smallest absolute Gasteiger partial charge is 0.460 e. The molecule has 0 unspecified atom stereocenters. The molecule has 15 heteroatoms. The van der Waals surface area contributed by atoms with Crippen molar-refractivity contribution in [3.8, 4) is 5.75 Å². The Hall–Kier alpha value is -1.35. The van der Waals surface area contributed by atoms with Crippen LogP contribution in [0.4, 0.5) is 39.5 Å². The largest absolute Gasteiger partial charge is 0.743 e. The van der Waals surface area contributed by atoms with E-state index < -0.39 is 33.4 Å². The zero-order valence-corrected chi connectivity index (χ0v) is 17.5. The zero-order valence-electron chi connectivity index (χ0n) is 15.9. The number of phenols is 1. The summed E-state index contributed by atoms with van der Waals surface area (Å²) in [6, 6.07) is 4.22. The van der Waals surface area contributed by atoms with Crippen molar-refractivity contribution in [1.82, 2.24) is 0 Å². The van der Waals surface area contributed by atoms with Crippen LogP contribution in [0, 0.1) is 13.8 Å². The van der Waals surface area contributed by atoms with Gasteiger partial charge >= 0.3 is 23.3 Å². The fraction of sp³-hybridized carbons (Fsp3) is 0.625. The number of aromatic hydroxyl groups is 1. The highest BCUT2D eigenvalue weighted by molar-refractivity contribution is 7.97. The van der Waals surface area contributed by atoms with Crippen molar-refractivity contribution in [3.05, 3.63) is 23.3 Å². The molecule has 1 fully saturated rings. The minimum Gasteiger partial charge on any atom is -0.743 e. The number of hydrogen-bond acceptors (Lipinski definition) is 4. The van der Waals surface area contributed by atoms with E-state index in [1.54, 1.807) is 0 Å². The maximum Gasteiger partial charge on any atom is 0.460 e. The van der Waals surface area contributed by atoms with Crippen LogP contribution in [0.1, 0.15) is 24.0 Å². The number of hydrogen-bond donors (Lipinski definition) is 1. The molecule has 1 saturated heterocycles. The molecule has 1 aromatic rings. The Kier molecular flexibility index (Phi) is 7.93. The first kappa shape index (κ1) is 27.7. The van der Waals surface area contributed by atoms with Crippen molar-refractivity contribution in [3.63, 3.8) is 0 Å². The molecule has 31 heavy (non-hydrogen) atoms. The molecule has 1 aliphatic heterocycles. The number of phenolic OH excluding ortho intramolecular Hbond substituents is 1. The lowest BCUT2D eigenvalue weighted by Crippen LogP contribution is -2.63. The Balaban J connectivity index is 0.000000314. The molecular formula is C16H17F9O4S2. The van der Waals surface area contributed by atoms with Crippen LogP contribution in [0.5, 0.6) is 5.75 Å². The summed E-state index contributed by atoms with van der Waals surface area (Å²) in [6.45, 7) is 4.10. The van der Waals surface area contributed by atoms with Gasteiger partial charge in [-0.2, -0.15) is 39.5 Å². The van der Waals surface area contributed by atoms with Gasteiger partial charge in [0.1, 0.15) is 11.5 Å². The quantitative estimate of drug-likeness (QED) is 0.362. The highest BCUT2D eigenvalue weighted by atomic mass is 32.2. The second-order valence-electron chi connectivity index (χ2n) is 6.65. The van der Waals surface area contributed by atoms with Crippen LogP contribution >= 0.6 is 0 Å². The number of alkyl halides is 9. The molecule has 1 heterocycles. The standard InChI is InChI=1S/C12H16OS.C4HF9O3S/c1-9-7-10(2)12(13)11(8-9)14-5-3-4-6-14;5-1(6,3(9,10)11)2(7,8)4(12,13)17(14,15)16/h7-8H,3-6H2,1-2H3;(H,14,15,16). The van der Waals surface area contributed by atoms with Crippen molar-refractivity contribution in [2.24, 2.45) is 0 Å². The van der Waals surface area contributed by atoms with E-state index in [1.165, 1.54) is 34.8 Å². The molecule has 1 aliphatic rings. The van der Waals surface area contributed by atoms with Crippen LogP contribution in [0.25, 0.3) is 0 Å². The molecular weight excluding hydrogens is 491 g/mol. The van der Waals surface area contributed by atoms with Gasteiger partial charge in [0.05, 0.1) is 0 Å². The van der Waals surface area contributed by atoms with Crippen molar-refractivity contribution >= 4 is 21.0 Å². The minimum absolute atomic E-state index is 0.327. The molecule has 0 radical (unpaired) electrons.